The fourth-order valence-electron chi connectivity index (χ4n) is 2.09. The molecule has 9 heteroatoms. The number of nitrogens with one attached hydrogen (secondary N) is 2. The van der Waals surface area contributed by atoms with E-state index in [0.29, 0.717) is 16.8 Å². The zero-order valence-electron chi connectivity index (χ0n) is 12.8. The van der Waals surface area contributed by atoms with Crippen LogP contribution in [0.3, 0.4) is 0 Å². The number of H-pyrrole nitrogens is 1. The van der Waals surface area contributed by atoms with Gasteiger partial charge in [0, 0.05) is 25.4 Å². The number of rotatable bonds is 5. The van der Waals surface area contributed by atoms with Gasteiger partial charge in [0.05, 0.1) is 21.5 Å². The molecule has 25 heavy (non-hydrogen) atoms. The molecule has 3 aromatic rings. The number of hydrogen-bond donors (Lipinski definition) is 2. The van der Waals surface area contributed by atoms with E-state index in [1.54, 1.807) is 12.4 Å². The van der Waals surface area contributed by atoms with Gasteiger partial charge < -0.3 is 10.3 Å². The topological polar surface area (TPSA) is 70.1 Å². The number of carbonyl (C=O) groups excluding carboxylic acids is 1. The van der Waals surface area contributed by atoms with E-state index in [9.17, 15) is 18.0 Å². The highest BCUT2D eigenvalue weighted by molar-refractivity contribution is 7.22. The quantitative estimate of drug-likeness (QED) is 0.668. The lowest BCUT2D eigenvalue weighted by atomic mass is 10.2. The van der Waals surface area contributed by atoms with E-state index in [-0.39, 0.29) is 17.5 Å². The summed E-state index contributed by atoms with van der Waals surface area (Å²) in [6.07, 6.45) is -0.852. The number of nitrogens with zero attached hydrogens (tertiary/aromatic N) is 2. The van der Waals surface area contributed by atoms with Crippen molar-refractivity contribution < 1.29 is 18.0 Å². The molecule has 130 valence electrons. The van der Waals surface area contributed by atoms with Crippen molar-refractivity contribution >= 4 is 38.8 Å². The van der Waals surface area contributed by atoms with Crippen molar-refractivity contribution in [3.63, 3.8) is 0 Å². The van der Waals surface area contributed by atoms with E-state index in [1.807, 2.05) is 12.1 Å². The molecule has 0 aliphatic heterocycles. The van der Waals surface area contributed by atoms with Crippen molar-refractivity contribution in [2.75, 3.05) is 11.9 Å². The number of benzene rings is 1. The first kappa shape index (κ1) is 17.2. The summed E-state index contributed by atoms with van der Waals surface area (Å²) in [4.78, 5) is 23.1. The fourth-order valence-corrected chi connectivity index (χ4v) is 3.01. The molecule has 0 aliphatic rings. The predicted octanol–water partition coefficient (Wildman–Crippen LogP) is 4.09. The van der Waals surface area contributed by atoms with E-state index in [0.717, 1.165) is 29.2 Å². The summed E-state index contributed by atoms with van der Waals surface area (Å²) in [5.41, 5.74) is 0.519. The average molecular weight is 366 g/mol. The summed E-state index contributed by atoms with van der Waals surface area (Å²) >= 11 is 1.01. The van der Waals surface area contributed by atoms with E-state index >= 15 is 0 Å². The lowest BCUT2D eigenvalue weighted by Gasteiger charge is -2.04. The van der Waals surface area contributed by atoms with Crippen LogP contribution < -0.4 is 5.32 Å². The van der Waals surface area contributed by atoms with E-state index in [4.69, 9.17) is 0 Å². The summed E-state index contributed by atoms with van der Waals surface area (Å²) in [6, 6.07) is 6.99. The maximum absolute atomic E-state index is 12.7. The molecule has 1 aromatic carbocycles. The van der Waals surface area contributed by atoms with Crippen LogP contribution in [-0.4, -0.2) is 28.6 Å². The second kappa shape index (κ2) is 7.06. The second-order valence-corrected chi connectivity index (χ2v) is 6.19. The Morgan fingerprint density at radius 1 is 1.36 bits per heavy atom. The van der Waals surface area contributed by atoms with Crippen molar-refractivity contribution in [1.29, 1.82) is 0 Å². The lowest BCUT2D eigenvalue weighted by molar-refractivity contribution is -0.137. The smallest absolute Gasteiger partial charge is 0.360 e. The third kappa shape index (κ3) is 4.44. The molecule has 5 nitrogen and oxygen atoms in total. The van der Waals surface area contributed by atoms with E-state index < -0.39 is 11.7 Å². The third-order valence-corrected chi connectivity index (χ3v) is 4.22. The molecule has 3 rings (SSSR count). The summed E-state index contributed by atoms with van der Waals surface area (Å²) in [5.74, 6) is -0.293. The number of amides is 1. The minimum absolute atomic E-state index is 0.154. The van der Waals surface area contributed by atoms with Crippen LogP contribution >= 0.6 is 11.3 Å². The van der Waals surface area contributed by atoms with Gasteiger partial charge in [0.1, 0.15) is 0 Å². The number of aliphatic imine (C=N–C) groups is 1. The lowest BCUT2D eigenvalue weighted by Crippen LogP contribution is -2.12. The Morgan fingerprint density at radius 3 is 2.92 bits per heavy atom. The summed E-state index contributed by atoms with van der Waals surface area (Å²) < 4.78 is 38.5. The predicted molar refractivity (Wildman–Crippen MR) is 91.1 cm³/mol. The van der Waals surface area contributed by atoms with Gasteiger partial charge in [0.2, 0.25) is 5.91 Å². The van der Waals surface area contributed by atoms with Crippen molar-refractivity contribution in [3.05, 3.63) is 47.8 Å². The number of carbonyl (C=O) groups is 1. The maximum Gasteiger partial charge on any atom is 0.416 e. The van der Waals surface area contributed by atoms with Gasteiger partial charge in [0.15, 0.2) is 5.13 Å². The first-order valence-corrected chi connectivity index (χ1v) is 8.14. The highest BCUT2D eigenvalue weighted by Gasteiger charge is 2.30. The molecule has 0 saturated carbocycles. The summed E-state index contributed by atoms with van der Waals surface area (Å²) in [7, 11) is 0. The normalized spacial score (nSPS) is 12.1. The van der Waals surface area contributed by atoms with Crippen LogP contribution in [0.4, 0.5) is 18.3 Å². The SMILES string of the molecule is O=C(CCN=Cc1ccc[nH]1)Nc1nc2ccc(C(F)(F)F)cc2s1. The van der Waals surface area contributed by atoms with Gasteiger partial charge in [-0.3, -0.25) is 9.79 Å². The molecular weight excluding hydrogens is 353 g/mol. The van der Waals surface area contributed by atoms with Crippen LogP contribution in [0.15, 0.2) is 41.5 Å². The Hall–Kier alpha value is -2.68. The molecule has 0 saturated heterocycles. The van der Waals surface area contributed by atoms with Crippen LogP contribution in [0.1, 0.15) is 17.7 Å². The highest BCUT2D eigenvalue weighted by Crippen LogP contribution is 2.34. The molecule has 0 bridgehead atoms. The Morgan fingerprint density at radius 2 is 2.20 bits per heavy atom. The molecule has 0 radical (unpaired) electrons. The standard InChI is InChI=1S/C16H13F3N4OS/c17-16(18,19)10-3-4-12-13(8-10)25-15(22-12)23-14(24)5-7-20-9-11-2-1-6-21-11/h1-4,6,8-9,21H,5,7H2,(H,22,23,24). The van der Waals surface area contributed by atoms with Crippen LogP contribution in [0.5, 0.6) is 0 Å². The van der Waals surface area contributed by atoms with Gasteiger partial charge in [-0.05, 0) is 30.3 Å². The van der Waals surface area contributed by atoms with E-state index in [2.05, 4.69) is 20.3 Å². The zero-order chi connectivity index (χ0) is 17.9. The van der Waals surface area contributed by atoms with Crippen LogP contribution in [0.25, 0.3) is 10.2 Å². The minimum Gasteiger partial charge on any atom is -0.360 e. The first-order chi connectivity index (χ1) is 11.9. The number of alkyl halides is 3. The van der Waals surface area contributed by atoms with Gasteiger partial charge in [-0.25, -0.2) is 4.98 Å². The molecule has 0 aliphatic carbocycles. The van der Waals surface area contributed by atoms with Crippen LogP contribution in [0, 0.1) is 0 Å². The van der Waals surface area contributed by atoms with Gasteiger partial charge in [-0.2, -0.15) is 13.2 Å². The summed E-state index contributed by atoms with van der Waals surface area (Å²) in [5, 5.41) is 2.86. The molecule has 2 heterocycles. The average Bonchev–Trinajstić information content (AvgIpc) is 3.18. The fraction of sp³-hybridized carbons (Fsp3) is 0.188. The van der Waals surface area contributed by atoms with Crippen molar-refractivity contribution in [2.45, 2.75) is 12.6 Å². The van der Waals surface area contributed by atoms with Crippen molar-refractivity contribution in [2.24, 2.45) is 4.99 Å². The Balaban J connectivity index is 1.59. The number of hydrogen-bond acceptors (Lipinski definition) is 4. The highest BCUT2D eigenvalue weighted by atomic mass is 32.1. The van der Waals surface area contributed by atoms with Gasteiger partial charge in [-0.1, -0.05) is 11.3 Å². The van der Waals surface area contributed by atoms with Gasteiger partial charge >= 0.3 is 6.18 Å². The molecule has 2 aromatic heterocycles. The van der Waals surface area contributed by atoms with Crippen molar-refractivity contribution in [3.8, 4) is 0 Å². The number of halogens is 3. The summed E-state index contributed by atoms with van der Waals surface area (Å²) in [6.45, 7) is 0.300. The molecule has 2 N–H and O–H groups in total. The maximum atomic E-state index is 12.7. The molecule has 0 atom stereocenters. The minimum atomic E-state index is -4.40. The van der Waals surface area contributed by atoms with E-state index in [1.165, 1.54) is 6.07 Å². The zero-order valence-corrected chi connectivity index (χ0v) is 13.6. The number of aromatic amines is 1. The van der Waals surface area contributed by atoms with Crippen LogP contribution in [-0.2, 0) is 11.0 Å². The van der Waals surface area contributed by atoms with Gasteiger partial charge in [-0.15, -0.1) is 0 Å². The molecule has 1 amide bonds. The second-order valence-electron chi connectivity index (χ2n) is 5.16. The monoisotopic (exact) mass is 366 g/mol. The molecule has 0 unspecified atom stereocenters. The number of fused-ring (bicyclic) bond motifs is 1. The number of anilines is 1. The number of aromatic nitrogens is 2. The van der Waals surface area contributed by atoms with Crippen LogP contribution in [0.2, 0.25) is 0 Å². The molecular formula is C16H13F3N4OS. The Labute approximate surface area is 144 Å². The third-order valence-electron chi connectivity index (χ3n) is 3.28. The number of thiazole rings is 1. The molecule has 0 fully saturated rings. The van der Waals surface area contributed by atoms with Crippen molar-refractivity contribution in [1.82, 2.24) is 9.97 Å². The van der Waals surface area contributed by atoms with Gasteiger partial charge in [0.25, 0.3) is 0 Å². The Bertz CT molecular complexity index is 900. The Kier molecular flexibility index (Phi) is 4.84. The molecule has 0 spiro atoms. The largest absolute Gasteiger partial charge is 0.416 e. The first-order valence-electron chi connectivity index (χ1n) is 7.33.